The lowest BCUT2D eigenvalue weighted by Gasteiger charge is -2.27. The Morgan fingerprint density at radius 2 is 1.97 bits per heavy atom. The van der Waals surface area contributed by atoms with E-state index in [-0.39, 0.29) is 30.4 Å². The molecule has 0 bridgehead atoms. The lowest BCUT2D eigenvalue weighted by molar-refractivity contribution is 0.140. The van der Waals surface area contributed by atoms with Crippen molar-refractivity contribution in [3.05, 3.63) is 61.3 Å². The zero-order chi connectivity index (χ0) is 23.1. The Morgan fingerprint density at radius 1 is 1.22 bits per heavy atom. The minimum atomic E-state index is -0.348. The number of fused-ring (bicyclic) bond motifs is 1. The number of aromatic nitrogens is 2. The molecule has 0 saturated heterocycles. The number of benzene rings is 1. The Hall–Kier alpha value is -2.09. The third-order valence-corrected chi connectivity index (χ3v) is 6.51. The summed E-state index contributed by atoms with van der Waals surface area (Å²) in [7, 11) is 1.71. The predicted octanol–water partition coefficient (Wildman–Crippen LogP) is 2.99. The molecule has 2 atom stereocenters. The van der Waals surface area contributed by atoms with Crippen molar-refractivity contribution in [2.45, 2.75) is 58.0 Å². The molecule has 8 heteroatoms. The number of nitrogens with zero attached hydrogens (tertiary/aromatic N) is 2. The van der Waals surface area contributed by atoms with Crippen LogP contribution in [0.4, 0.5) is 5.82 Å². The molecule has 0 amide bonds. The molecule has 0 aliphatic carbocycles. The Balaban J connectivity index is 1.92. The van der Waals surface area contributed by atoms with Crippen molar-refractivity contribution >= 4 is 17.4 Å². The molecule has 1 aliphatic rings. The van der Waals surface area contributed by atoms with Crippen molar-refractivity contribution in [1.82, 2.24) is 9.13 Å². The summed E-state index contributed by atoms with van der Waals surface area (Å²) in [5, 5.41) is 13.4. The Kier molecular flexibility index (Phi) is 8.96. The van der Waals surface area contributed by atoms with E-state index in [2.05, 4.69) is 17.4 Å². The normalized spacial score (nSPS) is 18.1. The van der Waals surface area contributed by atoms with Crippen molar-refractivity contribution in [1.29, 1.82) is 0 Å². The van der Waals surface area contributed by atoms with E-state index in [0.717, 1.165) is 25.7 Å². The Bertz CT molecular complexity index is 1000. The van der Waals surface area contributed by atoms with Crippen molar-refractivity contribution in [3.8, 4) is 0 Å². The summed E-state index contributed by atoms with van der Waals surface area (Å²) in [6.45, 7) is 3.53. The highest BCUT2D eigenvalue weighted by Gasteiger charge is 2.29. The number of halogens is 1. The number of hydrogen-bond acceptors (Lipinski definition) is 5. The van der Waals surface area contributed by atoms with Crippen molar-refractivity contribution in [2.24, 2.45) is 13.0 Å². The summed E-state index contributed by atoms with van der Waals surface area (Å²) in [5.41, 5.74) is 1.26. The zero-order valence-electron chi connectivity index (χ0n) is 19.0. The van der Waals surface area contributed by atoms with E-state index < -0.39 is 0 Å². The van der Waals surface area contributed by atoms with E-state index in [0.29, 0.717) is 48.4 Å². The van der Waals surface area contributed by atoms with E-state index in [1.807, 2.05) is 19.1 Å². The van der Waals surface area contributed by atoms with Gasteiger partial charge in [0.2, 0.25) is 0 Å². The first-order valence-electron chi connectivity index (χ1n) is 11.5. The van der Waals surface area contributed by atoms with E-state index in [1.54, 1.807) is 11.6 Å². The molecular formula is C24H34ClN3O4. The molecule has 176 valence electrons. The third kappa shape index (κ3) is 5.82. The molecule has 2 N–H and O–H groups in total. The molecule has 2 heterocycles. The predicted molar refractivity (Wildman–Crippen MR) is 128 cm³/mol. The molecule has 2 aromatic rings. The summed E-state index contributed by atoms with van der Waals surface area (Å²) >= 11 is 6.06. The second-order valence-corrected chi connectivity index (χ2v) is 8.86. The van der Waals surface area contributed by atoms with E-state index in [1.165, 1.54) is 10.1 Å². The second-order valence-electron chi connectivity index (χ2n) is 8.42. The molecule has 0 radical (unpaired) electrons. The van der Waals surface area contributed by atoms with Crippen LogP contribution >= 0.6 is 11.6 Å². The fourth-order valence-corrected chi connectivity index (χ4v) is 4.64. The fourth-order valence-electron chi connectivity index (χ4n) is 4.51. The molecular weight excluding hydrogens is 430 g/mol. The van der Waals surface area contributed by atoms with Crippen LogP contribution in [0.1, 0.15) is 43.7 Å². The van der Waals surface area contributed by atoms with E-state index in [4.69, 9.17) is 21.4 Å². The SMILES string of the molecule is CCOCCCC1Nc2c(c(=O)n(CCCO)c(=O)n2C)CCC1Cc1ccc(Cl)cc1. The summed E-state index contributed by atoms with van der Waals surface area (Å²) in [5.74, 6) is 0.922. The lowest BCUT2D eigenvalue weighted by Crippen LogP contribution is -2.42. The van der Waals surface area contributed by atoms with Crippen LogP contribution in [-0.4, -0.2) is 40.1 Å². The molecule has 7 nitrogen and oxygen atoms in total. The molecule has 0 fully saturated rings. The average Bonchev–Trinajstić information content (AvgIpc) is 2.97. The molecule has 0 saturated carbocycles. The number of aliphatic hydroxyl groups is 1. The van der Waals surface area contributed by atoms with Crippen LogP contribution in [-0.2, 0) is 31.2 Å². The fraction of sp³-hybridized carbons (Fsp3) is 0.583. The van der Waals surface area contributed by atoms with Crippen LogP contribution < -0.4 is 16.6 Å². The average molecular weight is 464 g/mol. The van der Waals surface area contributed by atoms with Gasteiger partial charge in [-0.2, -0.15) is 0 Å². The van der Waals surface area contributed by atoms with Gasteiger partial charge in [-0.15, -0.1) is 0 Å². The van der Waals surface area contributed by atoms with Gasteiger partial charge in [-0.05, 0) is 69.1 Å². The highest BCUT2D eigenvalue weighted by molar-refractivity contribution is 6.30. The maximum atomic E-state index is 13.1. The number of anilines is 1. The topological polar surface area (TPSA) is 85.5 Å². The van der Waals surface area contributed by atoms with Gasteiger partial charge in [0.25, 0.3) is 5.56 Å². The van der Waals surface area contributed by atoms with E-state index >= 15 is 0 Å². The summed E-state index contributed by atoms with van der Waals surface area (Å²) in [6.07, 6.45) is 4.48. The maximum absolute atomic E-state index is 13.1. The smallest absolute Gasteiger partial charge is 0.332 e. The van der Waals surface area contributed by atoms with Crippen LogP contribution in [0.15, 0.2) is 33.9 Å². The Labute approximate surface area is 194 Å². The first kappa shape index (κ1) is 24.6. The second kappa shape index (κ2) is 11.7. The lowest BCUT2D eigenvalue weighted by atomic mass is 9.86. The number of nitrogens with one attached hydrogen (secondary N) is 1. The van der Waals surface area contributed by atoms with Gasteiger partial charge in [0.05, 0.1) is 5.56 Å². The monoisotopic (exact) mass is 463 g/mol. The molecule has 3 rings (SSSR count). The van der Waals surface area contributed by atoms with Gasteiger partial charge >= 0.3 is 5.69 Å². The van der Waals surface area contributed by atoms with Gasteiger partial charge in [-0.1, -0.05) is 23.7 Å². The first-order valence-corrected chi connectivity index (χ1v) is 11.9. The van der Waals surface area contributed by atoms with Gasteiger partial charge in [0, 0.05) is 44.5 Å². The number of hydrogen-bond donors (Lipinski definition) is 2. The minimum absolute atomic E-state index is 0.0595. The number of rotatable bonds is 10. The maximum Gasteiger partial charge on any atom is 0.332 e. The summed E-state index contributed by atoms with van der Waals surface area (Å²) in [4.78, 5) is 26.0. The molecule has 2 unspecified atom stereocenters. The molecule has 1 aromatic heterocycles. The molecule has 1 aromatic carbocycles. The van der Waals surface area contributed by atoms with E-state index in [9.17, 15) is 9.59 Å². The third-order valence-electron chi connectivity index (χ3n) is 6.26. The van der Waals surface area contributed by atoms with Crippen molar-refractivity contribution in [2.75, 3.05) is 25.1 Å². The van der Waals surface area contributed by atoms with Gasteiger partial charge in [-0.25, -0.2) is 4.79 Å². The van der Waals surface area contributed by atoms with Crippen LogP contribution in [0.5, 0.6) is 0 Å². The highest BCUT2D eigenvalue weighted by atomic mass is 35.5. The quantitative estimate of drug-likeness (QED) is 0.529. The standard InChI is InChI=1S/C24H34ClN3O4/c1-3-32-15-4-6-21-18(16-17-7-10-19(25)11-8-17)9-12-20-22(26-21)27(2)24(31)28(23(20)30)13-5-14-29/h7-8,10-11,18,21,26,29H,3-6,9,12-16H2,1-2H3. The van der Waals surface area contributed by atoms with Crippen molar-refractivity contribution < 1.29 is 9.84 Å². The highest BCUT2D eigenvalue weighted by Crippen LogP contribution is 2.29. The molecule has 32 heavy (non-hydrogen) atoms. The molecule has 0 spiro atoms. The first-order chi connectivity index (χ1) is 15.5. The van der Waals surface area contributed by atoms with Crippen LogP contribution in [0, 0.1) is 5.92 Å². The summed E-state index contributed by atoms with van der Waals surface area (Å²) < 4.78 is 8.34. The largest absolute Gasteiger partial charge is 0.396 e. The summed E-state index contributed by atoms with van der Waals surface area (Å²) in [6, 6.07) is 8.03. The number of aliphatic hydroxyl groups excluding tert-OH is 1. The van der Waals surface area contributed by atoms with Crippen LogP contribution in [0.25, 0.3) is 0 Å². The van der Waals surface area contributed by atoms with Crippen LogP contribution in [0.2, 0.25) is 5.02 Å². The van der Waals surface area contributed by atoms with Crippen LogP contribution in [0.3, 0.4) is 0 Å². The Morgan fingerprint density at radius 3 is 2.66 bits per heavy atom. The molecule has 1 aliphatic heterocycles. The minimum Gasteiger partial charge on any atom is -0.396 e. The van der Waals surface area contributed by atoms with Gasteiger partial charge in [0.1, 0.15) is 5.82 Å². The number of ether oxygens (including phenoxy) is 1. The zero-order valence-corrected chi connectivity index (χ0v) is 19.7. The van der Waals surface area contributed by atoms with Crippen molar-refractivity contribution in [3.63, 3.8) is 0 Å². The van der Waals surface area contributed by atoms with Gasteiger partial charge < -0.3 is 15.2 Å². The van der Waals surface area contributed by atoms with Gasteiger partial charge in [0.15, 0.2) is 0 Å². The van der Waals surface area contributed by atoms with Gasteiger partial charge in [-0.3, -0.25) is 13.9 Å².